The highest BCUT2D eigenvalue weighted by molar-refractivity contribution is 5.76. The number of nitrogens with one attached hydrogen (secondary N) is 1. The summed E-state index contributed by atoms with van der Waals surface area (Å²) < 4.78 is 5.63. The Balaban J connectivity index is 1.52. The summed E-state index contributed by atoms with van der Waals surface area (Å²) in [5.74, 6) is 0.830. The maximum atomic E-state index is 12.4. The van der Waals surface area contributed by atoms with Crippen LogP contribution in [0.3, 0.4) is 0 Å². The zero-order valence-electron chi connectivity index (χ0n) is 14.6. The van der Waals surface area contributed by atoms with Crippen LogP contribution in [0.15, 0.2) is 60.7 Å². The molecule has 1 amide bonds. The number of likely N-dealkylation sites (tertiary alicyclic amines) is 1. The fourth-order valence-corrected chi connectivity index (χ4v) is 3.19. The zero-order valence-corrected chi connectivity index (χ0v) is 14.6. The molecule has 4 heteroatoms. The van der Waals surface area contributed by atoms with Crippen molar-refractivity contribution in [2.24, 2.45) is 0 Å². The monoisotopic (exact) mass is 338 g/mol. The molecule has 1 aliphatic rings. The number of carbonyl (C=O) groups is 1. The lowest BCUT2D eigenvalue weighted by Gasteiger charge is -2.25. The summed E-state index contributed by atoms with van der Waals surface area (Å²) in [6.45, 7) is 3.50. The smallest absolute Gasteiger partial charge is 0.223 e. The minimum absolute atomic E-state index is 0.0310. The van der Waals surface area contributed by atoms with Gasteiger partial charge in [0.05, 0.1) is 19.1 Å². The van der Waals surface area contributed by atoms with Crippen molar-refractivity contribution in [2.75, 3.05) is 26.2 Å². The highest BCUT2D eigenvalue weighted by Gasteiger charge is 2.20. The van der Waals surface area contributed by atoms with Crippen molar-refractivity contribution in [1.29, 1.82) is 0 Å². The standard InChI is InChI=1S/C21H26N2O2/c24-21(13-16-25-19-11-5-2-6-12-19)22-20(17-23-14-7-8-15-23)18-9-3-1-4-10-18/h1-6,9-12,20H,7-8,13-17H2,(H,22,24). The summed E-state index contributed by atoms with van der Waals surface area (Å²) >= 11 is 0. The number of ether oxygens (including phenoxy) is 1. The molecule has 3 rings (SSSR count). The van der Waals surface area contributed by atoms with E-state index in [1.807, 2.05) is 48.5 Å². The van der Waals surface area contributed by atoms with Crippen molar-refractivity contribution in [1.82, 2.24) is 10.2 Å². The number of para-hydroxylation sites is 1. The molecule has 1 aliphatic heterocycles. The Bertz CT molecular complexity index is 639. The molecule has 1 fully saturated rings. The highest BCUT2D eigenvalue weighted by Crippen LogP contribution is 2.18. The molecule has 2 aromatic carbocycles. The van der Waals surface area contributed by atoms with Gasteiger partial charge in [0.15, 0.2) is 0 Å². The molecule has 132 valence electrons. The van der Waals surface area contributed by atoms with Crippen LogP contribution in [0.4, 0.5) is 0 Å². The lowest BCUT2D eigenvalue weighted by Crippen LogP contribution is -2.37. The predicted molar refractivity (Wildman–Crippen MR) is 99.6 cm³/mol. The maximum absolute atomic E-state index is 12.4. The number of hydrogen-bond donors (Lipinski definition) is 1. The van der Waals surface area contributed by atoms with E-state index < -0.39 is 0 Å². The van der Waals surface area contributed by atoms with Crippen LogP contribution in [0, 0.1) is 0 Å². The normalized spacial score (nSPS) is 15.7. The van der Waals surface area contributed by atoms with Crippen LogP contribution >= 0.6 is 0 Å². The summed E-state index contributed by atoms with van der Waals surface area (Å²) in [5, 5.41) is 3.19. The molecule has 4 nitrogen and oxygen atoms in total. The molecular weight excluding hydrogens is 312 g/mol. The third-order valence-electron chi connectivity index (χ3n) is 4.52. The molecule has 1 N–H and O–H groups in total. The Morgan fingerprint density at radius 2 is 1.64 bits per heavy atom. The van der Waals surface area contributed by atoms with Gasteiger partial charge < -0.3 is 15.0 Å². The number of hydrogen-bond acceptors (Lipinski definition) is 3. The lowest BCUT2D eigenvalue weighted by atomic mass is 10.1. The first-order chi connectivity index (χ1) is 12.3. The molecule has 0 saturated carbocycles. The number of benzene rings is 2. The molecule has 1 atom stereocenters. The van der Waals surface area contributed by atoms with Crippen molar-refractivity contribution in [3.05, 3.63) is 66.2 Å². The second-order valence-corrected chi connectivity index (χ2v) is 6.45. The number of nitrogens with zero attached hydrogens (tertiary/aromatic N) is 1. The molecule has 1 unspecified atom stereocenters. The lowest BCUT2D eigenvalue weighted by molar-refractivity contribution is -0.122. The van der Waals surface area contributed by atoms with Crippen LogP contribution in [-0.4, -0.2) is 37.0 Å². The van der Waals surface area contributed by atoms with Crippen LogP contribution in [-0.2, 0) is 4.79 Å². The summed E-state index contributed by atoms with van der Waals surface area (Å²) in [7, 11) is 0. The quantitative estimate of drug-likeness (QED) is 0.802. The van der Waals surface area contributed by atoms with Gasteiger partial charge in [0.2, 0.25) is 5.91 Å². The molecule has 1 heterocycles. The summed E-state index contributed by atoms with van der Waals surface area (Å²) in [5.41, 5.74) is 1.16. The number of amides is 1. The van der Waals surface area contributed by atoms with Gasteiger partial charge in [-0.25, -0.2) is 0 Å². The van der Waals surface area contributed by atoms with Gasteiger partial charge in [-0.2, -0.15) is 0 Å². The van der Waals surface area contributed by atoms with Gasteiger partial charge in [0.1, 0.15) is 5.75 Å². The summed E-state index contributed by atoms with van der Waals surface area (Å²) in [4.78, 5) is 14.8. The zero-order chi connectivity index (χ0) is 17.3. The third-order valence-corrected chi connectivity index (χ3v) is 4.52. The van der Waals surface area contributed by atoms with Crippen molar-refractivity contribution in [3.8, 4) is 5.75 Å². The second kappa shape index (κ2) is 9.23. The minimum atomic E-state index is 0.0310. The number of rotatable bonds is 8. The van der Waals surface area contributed by atoms with Crippen LogP contribution < -0.4 is 10.1 Å². The van der Waals surface area contributed by atoms with Gasteiger partial charge in [-0.15, -0.1) is 0 Å². The Morgan fingerprint density at radius 3 is 2.32 bits per heavy atom. The van der Waals surface area contributed by atoms with Crippen molar-refractivity contribution < 1.29 is 9.53 Å². The third kappa shape index (κ3) is 5.61. The van der Waals surface area contributed by atoms with Gasteiger partial charge in [0.25, 0.3) is 0 Å². The molecule has 0 bridgehead atoms. The summed E-state index contributed by atoms with van der Waals surface area (Å²) in [6.07, 6.45) is 2.86. The average Bonchev–Trinajstić information content (AvgIpc) is 3.16. The first-order valence-corrected chi connectivity index (χ1v) is 9.06. The van der Waals surface area contributed by atoms with E-state index in [1.54, 1.807) is 0 Å². The van der Waals surface area contributed by atoms with Gasteiger partial charge in [0, 0.05) is 6.54 Å². The van der Waals surface area contributed by atoms with Gasteiger partial charge in [-0.1, -0.05) is 48.5 Å². The molecule has 25 heavy (non-hydrogen) atoms. The second-order valence-electron chi connectivity index (χ2n) is 6.45. The first-order valence-electron chi connectivity index (χ1n) is 9.06. The topological polar surface area (TPSA) is 41.6 Å². The SMILES string of the molecule is O=C(CCOc1ccccc1)NC(CN1CCCC1)c1ccccc1. The van der Waals surface area contributed by atoms with E-state index in [4.69, 9.17) is 4.74 Å². The minimum Gasteiger partial charge on any atom is -0.493 e. The van der Waals surface area contributed by atoms with E-state index in [0.717, 1.165) is 30.9 Å². The Kier molecular flexibility index (Phi) is 6.46. The Morgan fingerprint density at radius 1 is 1.00 bits per heavy atom. The van der Waals surface area contributed by atoms with E-state index in [-0.39, 0.29) is 11.9 Å². The van der Waals surface area contributed by atoms with Gasteiger partial charge in [-0.05, 0) is 43.6 Å². The van der Waals surface area contributed by atoms with E-state index in [2.05, 4.69) is 22.3 Å². The Hall–Kier alpha value is -2.33. The molecule has 0 aromatic heterocycles. The van der Waals surface area contributed by atoms with E-state index in [1.165, 1.54) is 12.8 Å². The van der Waals surface area contributed by atoms with Crippen molar-refractivity contribution in [2.45, 2.75) is 25.3 Å². The van der Waals surface area contributed by atoms with Crippen LogP contribution in [0.1, 0.15) is 30.9 Å². The average molecular weight is 338 g/mol. The molecule has 0 radical (unpaired) electrons. The number of carbonyl (C=O) groups excluding carboxylic acids is 1. The van der Waals surface area contributed by atoms with Crippen LogP contribution in [0.2, 0.25) is 0 Å². The fraction of sp³-hybridized carbons (Fsp3) is 0.381. The molecule has 2 aromatic rings. The molecular formula is C21H26N2O2. The summed E-state index contributed by atoms with van der Waals surface area (Å²) in [6, 6.07) is 19.9. The largest absolute Gasteiger partial charge is 0.493 e. The highest BCUT2D eigenvalue weighted by atomic mass is 16.5. The fourth-order valence-electron chi connectivity index (χ4n) is 3.19. The van der Waals surface area contributed by atoms with Crippen molar-refractivity contribution >= 4 is 5.91 Å². The molecule has 1 saturated heterocycles. The van der Waals surface area contributed by atoms with Gasteiger partial charge in [-0.3, -0.25) is 4.79 Å². The maximum Gasteiger partial charge on any atom is 0.223 e. The molecule has 0 spiro atoms. The Labute approximate surface area is 149 Å². The van der Waals surface area contributed by atoms with Crippen molar-refractivity contribution in [3.63, 3.8) is 0 Å². The van der Waals surface area contributed by atoms with E-state index in [0.29, 0.717) is 13.0 Å². The van der Waals surface area contributed by atoms with E-state index >= 15 is 0 Å². The van der Waals surface area contributed by atoms with Crippen LogP contribution in [0.25, 0.3) is 0 Å². The van der Waals surface area contributed by atoms with Crippen LogP contribution in [0.5, 0.6) is 5.75 Å². The predicted octanol–water partition coefficient (Wildman–Crippen LogP) is 3.41. The first kappa shape index (κ1) is 17.5. The van der Waals surface area contributed by atoms with Gasteiger partial charge >= 0.3 is 0 Å². The van der Waals surface area contributed by atoms with E-state index in [9.17, 15) is 4.79 Å². The molecule has 0 aliphatic carbocycles.